The van der Waals surface area contributed by atoms with Gasteiger partial charge in [0.1, 0.15) is 4.66 Å². The fourth-order valence-corrected chi connectivity index (χ4v) is 2.74. The maximum atomic E-state index is 11.4. The third-order valence-corrected chi connectivity index (χ3v) is 5.39. The van der Waals surface area contributed by atoms with Crippen molar-refractivity contribution < 1.29 is 13.2 Å². The third-order valence-electron chi connectivity index (χ3n) is 1.67. The van der Waals surface area contributed by atoms with E-state index in [4.69, 9.17) is 5.73 Å². The van der Waals surface area contributed by atoms with Crippen LogP contribution in [0.15, 0.2) is 29.2 Å². The third kappa shape index (κ3) is 4.97. The van der Waals surface area contributed by atoms with Crippen molar-refractivity contribution in [2.24, 2.45) is 5.73 Å². The lowest BCUT2D eigenvalue weighted by Gasteiger charge is -2.10. The maximum absolute atomic E-state index is 11.4. The van der Waals surface area contributed by atoms with Crippen molar-refractivity contribution in [1.82, 2.24) is 0 Å². The van der Waals surface area contributed by atoms with Crippen LogP contribution in [-0.2, 0) is 14.8 Å². The molecule has 1 aromatic rings. The lowest BCUT2D eigenvalue weighted by atomic mass is 10.3. The SMILES string of the molecule is NC(=O)CSc1ccccc1NS(=O)(=O)CBr. The molecule has 8 heteroatoms. The maximum Gasteiger partial charge on any atom is 0.242 e. The highest BCUT2D eigenvalue weighted by atomic mass is 79.9. The molecule has 0 heterocycles. The van der Waals surface area contributed by atoms with Gasteiger partial charge in [-0.25, -0.2) is 8.42 Å². The van der Waals surface area contributed by atoms with Crippen LogP contribution in [0.1, 0.15) is 0 Å². The topological polar surface area (TPSA) is 89.3 Å². The molecule has 1 rings (SSSR count). The van der Waals surface area contributed by atoms with Gasteiger partial charge in [-0.3, -0.25) is 9.52 Å². The van der Waals surface area contributed by atoms with Crippen molar-refractivity contribution in [3.8, 4) is 0 Å². The molecular weight excluding hydrogens is 328 g/mol. The molecule has 1 amide bonds. The van der Waals surface area contributed by atoms with Crippen LogP contribution in [0.5, 0.6) is 0 Å². The molecule has 0 bridgehead atoms. The Morgan fingerprint density at radius 2 is 2.06 bits per heavy atom. The summed E-state index contributed by atoms with van der Waals surface area (Å²) >= 11 is 4.07. The second-order valence-electron chi connectivity index (χ2n) is 3.08. The summed E-state index contributed by atoms with van der Waals surface area (Å²) in [5.74, 6) is -0.347. The van der Waals surface area contributed by atoms with Gasteiger partial charge in [-0.2, -0.15) is 0 Å². The number of hydrogen-bond donors (Lipinski definition) is 2. The first kappa shape index (κ1) is 14.3. The van der Waals surface area contributed by atoms with Crippen molar-refractivity contribution in [1.29, 1.82) is 0 Å². The standard InChI is InChI=1S/C9H11BrN2O3S2/c10-6-17(14,15)12-7-3-1-2-4-8(7)16-5-9(11)13/h1-4,12H,5-6H2,(H2,11,13). The van der Waals surface area contributed by atoms with E-state index < -0.39 is 15.9 Å². The fraction of sp³-hybridized carbons (Fsp3) is 0.222. The van der Waals surface area contributed by atoms with Gasteiger partial charge in [0, 0.05) is 4.90 Å². The molecule has 0 spiro atoms. The van der Waals surface area contributed by atoms with Crippen molar-refractivity contribution >= 4 is 49.3 Å². The second-order valence-corrected chi connectivity index (χ2v) is 7.12. The summed E-state index contributed by atoms with van der Waals surface area (Å²) in [6.07, 6.45) is 0. The average molecular weight is 339 g/mol. The van der Waals surface area contributed by atoms with Crippen LogP contribution in [0.4, 0.5) is 5.69 Å². The van der Waals surface area contributed by atoms with Crippen LogP contribution in [0.25, 0.3) is 0 Å². The minimum atomic E-state index is -3.40. The first-order valence-corrected chi connectivity index (χ1v) is 8.27. The number of anilines is 1. The number of sulfonamides is 1. The Kier molecular flexibility index (Phi) is 5.29. The van der Waals surface area contributed by atoms with Crippen LogP contribution < -0.4 is 10.5 Å². The Labute approximate surface area is 112 Å². The lowest BCUT2D eigenvalue weighted by Crippen LogP contribution is -2.15. The molecule has 0 aromatic heterocycles. The van der Waals surface area contributed by atoms with Crippen LogP contribution in [0, 0.1) is 0 Å². The van der Waals surface area contributed by atoms with E-state index in [1.165, 1.54) is 11.8 Å². The van der Waals surface area contributed by atoms with E-state index in [1.54, 1.807) is 24.3 Å². The van der Waals surface area contributed by atoms with Crippen LogP contribution in [0.3, 0.4) is 0 Å². The highest BCUT2D eigenvalue weighted by Crippen LogP contribution is 2.27. The van der Waals surface area contributed by atoms with E-state index in [-0.39, 0.29) is 10.4 Å². The zero-order valence-corrected chi connectivity index (χ0v) is 11.9. The zero-order valence-electron chi connectivity index (χ0n) is 8.72. The first-order valence-electron chi connectivity index (χ1n) is 4.51. The van der Waals surface area contributed by atoms with Gasteiger partial charge in [0.2, 0.25) is 15.9 Å². The molecule has 0 unspecified atom stereocenters. The number of carbonyl (C=O) groups is 1. The molecule has 0 saturated heterocycles. The van der Waals surface area contributed by atoms with Gasteiger partial charge < -0.3 is 5.73 Å². The number of carbonyl (C=O) groups excluding carboxylic acids is 1. The molecule has 0 aliphatic rings. The summed E-state index contributed by atoms with van der Waals surface area (Å²) in [7, 11) is -3.40. The average Bonchev–Trinajstić information content (AvgIpc) is 2.27. The van der Waals surface area contributed by atoms with E-state index >= 15 is 0 Å². The molecule has 0 fully saturated rings. The Morgan fingerprint density at radius 1 is 1.41 bits per heavy atom. The number of hydrogen-bond acceptors (Lipinski definition) is 4. The normalized spacial score (nSPS) is 11.1. The van der Waals surface area contributed by atoms with Crippen LogP contribution in [0.2, 0.25) is 0 Å². The zero-order chi connectivity index (χ0) is 12.9. The van der Waals surface area contributed by atoms with Crippen molar-refractivity contribution in [2.75, 3.05) is 15.1 Å². The van der Waals surface area contributed by atoms with Crippen molar-refractivity contribution in [2.45, 2.75) is 4.90 Å². The summed E-state index contributed by atoms with van der Waals surface area (Å²) in [6.45, 7) is 0. The highest BCUT2D eigenvalue weighted by molar-refractivity contribution is 9.10. The monoisotopic (exact) mass is 338 g/mol. The summed E-state index contributed by atoms with van der Waals surface area (Å²) < 4.78 is 25.0. The molecule has 3 N–H and O–H groups in total. The number of rotatable bonds is 6. The van der Waals surface area contributed by atoms with E-state index in [1.807, 2.05) is 0 Å². The molecule has 5 nitrogen and oxygen atoms in total. The van der Waals surface area contributed by atoms with Gasteiger partial charge >= 0.3 is 0 Å². The van der Waals surface area contributed by atoms with Gasteiger partial charge in [0.05, 0.1) is 11.4 Å². The Balaban J connectivity index is 2.88. The minimum absolute atomic E-state index is 0.104. The number of nitrogens with two attached hydrogens (primary N) is 1. The number of thioether (sulfide) groups is 1. The number of benzene rings is 1. The van der Waals surface area contributed by atoms with Gasteiger partial charge in [0.25, 0.3) is 0 Å². The van der Waals surface area contributed by atoms with Gasteiger partial charge in [-0.05, 0) is 12.1 Å². The molecule has 17 heavy (non-hydrogen) atoms. The second kappa shape index (κ2) is 6.27. The lowest BCUT2D eigenvalue weighted by molar-refractivity contribution is -0.115. The number of halogens is 1. The Hall–Kier alpha value is -0.730. The molecular formula is C9H11BrN2O3S2. The highest BCUT2D eigenvalue weighted by Gasteiger charge is 2.11. The summed E-state index contributed by atoms with van der Waals surface area (Å²) in [5.41, 5.74) is 5.48. The van der Waals surface area contributed by atoms with Crippen LogP contribution >= 0.6 is 27.7 Å². The number of nitrogens with one attached hydrogen (secondary N) is 1. The summed E-state index contributed by atoms with van der Waals surface area (Å²) in [5, 5.41) is 0. The molecule has 0 radical (unpaired) electrons. The number of para-hydroxylation sites is 1. The molecule has 0 atom stereocenters. The molecule has 0 aliphatic carbocycles. The fourth-order valence-electron chi connectivity index (χ4n) is 1.02. The van der Waals surface area contributed by atoms with Gasteiger partial charge in [-0.15, -0.1) is 11.8 Å². The largest absolute Gasteiger partial charge is 0.369 e. The van der Waals surface area contributed by atoms with Gasteiger partial charge in [-0.1, -0.05) is 28.1 Å². The number of alkyl halides is 1. The van der Waals surface area contributed by atoms with E-state index in [0.29, 0.717) is 10.6 Å². The van der Waals surface area contributed by atoms with Crippen molar-refractivity contribution in [3.05, 3.63) is 24.3 Å². The molecule has 1 aromatic carbocycles. The summed E-state index contributed by atoms with van der Waals surface area (Å²) in [4.78, 5) is 11.3. The predicted octanol–water partition coefficient (Wildman–Crippen LogP) is 1.36. The Morgan fingerprint density at radius 3 is 2.65 bits per heavy atom. The molecule has 0 aliphatic heterocycles. The predicted molar refractivity (Wildman–Crippen MR) is 72.7 cm³/mol. The number of amides is 1. The van der Waals surface area contributed by atoms with E-state index in [9.17, 15) is 13.2 Å². The number of primary amides is 1. The first-order chi connectivity index (χ1) is 7.94. The molecule has 94 valence electrons. The molecule has 0 saturated carbocycles. The van der Waals surface area contributed by atoms with E-state index in [2.05, 4.69) is 20.7 Å². The van der Waals surface area contributed by atoms with Crippen LogP contribution in [-0.4, -0.2) is 24.7 Å². The summed E-state index contributed by atoms with van der Waals surface area (Å²) in [6, 6.07) is 6.82. The smallest absolute Gasteiger partial charge is 0.242 e. The van der Waals surface area contributed by atoms with Gasteiger partial charge in [0.15, 0.2) is 0 Å². The quantitative estimate of drug-likeness (QED) is 0.605. The minimum Gasteiger partial charge on any atom is -0.369 e. The van der Waals surface area contributed by atoms with Crippen molar-refractivity contribution in [3.63, 3.8) is 0 Å². The van der Waals surface area contributed by atoms with E-state index in [0.717, 1.165) is 0 Å². The Bertz CT molecular complexity index is 505.